The third-order valence-corrected chi connectivity index (χ3v) is 9.35. The van der Waals surface area contributed by atoms with E-state index in [1.807, 2.05) is 0 Å². The van der Waals surface area contributed by atoms with Crippen LogP contribution in [-0.2, 0) is 9.59 Å². The maximum atomic E-state index is 9.00. The number of hydrogen-bond acceptors (Lipinski definition) is 2. The van der Waals surface area contributed by atoms with Crippen LogP contribution in [0.3, 0.4) is 0 Å². The Labute approximate surface area is 182 Å². The molecule has 0 aliphatic rings. The van der Waals surface area contributed by atoms with Crippen LogP contribution in [0.5, 0.6) is 0 Å². The van der Waals surface area contributed by atoms with Gasteiger partial charge in [0.1, 0.15) is 0 Å². The van der Waals surface area contributed by atoms with E-state index in [2.05, 4.69) is 97.9 Å². The summed E-state index contributed by atoms with van der Waals surface area (Å²) in [6.07, 6.45) is 1.17. The Morgan fingerprint density at radius 2 is 0.833 bits per heavy atom. The molecule has 0 saturated heterocycles. The van der Waals surface area contributed by atoms with E-state index in [1.54, 1.807) is 0 Å². The van der Waals surface area contributed by atoms with E-state index in [4.69, 9.17) is 19.8 Å². The van der Waals surface area contributed by atoms with Gasteiger partial charge in [-0.05, 0) is 0 Å². The molecule has 2 N–H and O–H groups in total. The van der Waals surface area contributed by atoms with Gasteiger partial charge in [-0.1, -0.05) is 0 Å². The molecular formula is C24H32O4P2. The van der Waals surface area contributed by atoms with Crippen molar-refractivity contribution in [3.05, 3.63) is 91.0 Å². The quantitative estimate of drug-likeness (QED) is 0.595. The summed E-state index contributed by atoms with van der Waals surface area (Å²) in [6.45, 7) is 4.50. The van der Waals surface area contributed by atoms with Crippen LogP contribution >= 0.6 is 17.2 Å². The standard InChI is InChI=1S/C20H21P.2C2H4O2.H3P/c1-2-21(18-12-6-3-7-13-18,19-14-8-4-9-15-19)20-16-10-5-11-17-20;2*1-2(3)4;/h3-17,21H,2H2,1H3;2*1H3,(H,3,4);1H3. The molecule has 0 aromatic heterocycles. The Morgan fingerprint density at radius 1 is 0.633 bits per heavy atom. The number of rotatable bonds is 4. The van der Waals surface area contributed by atoms with Gasteiger partial charge in [-0.2, -0.15) is 9.90 Å². The van der Waals surface area contributed by atoms with Crippen molar-refractivity contribution in [2.75, 3.05) is 6.16 Å². The molecule has 0 fully saturated rings. The molecule has 6 heteroatoms. The van der Waals surface area contributed by atoms with E-state index in [0.717, 1.165) is 13.8 Å². The first-order valence-electron chi connectivity index (χ1n) is 9.40. The Kier molecular flexibility index (Phi) is 13.2. The first kappa shape index (κ1) is 27.5. The predicted molar refractivity (Wildman–Crippen MR) is 135 cm³/mol. The molecule has 30 heavy (non-hydrogen) atoms. The number of carboxylic acids is 2. The number of hydrogen-bond donors (Lipinski definition) is 2. The zero-order valence-corrected chi connectivity index (χ0v) is 20.2. The second kappa shape index (κ2) is 14.4. The van der Waals surface area contributed by atoms with Gasteiger partial charge in [-0.15, -0.1) is 0 Å². The summed E-state index contributed by atoms with van der Waals surface area (Å²) >= 11 is 0. The van der Waals surface area contributed by atoms with Crippen LogP contribution in [0.4, 0.5) is 0 Å². The largest absolute Gasteiger partial charge is 0.153 e. The van der Waals surface area contributed by atoms with E-state index in [1.165, 1.54) is 22.1 Å². The van der Waals surface area contributed by atoms with Crippen LogP contribution < -0.4 is 15.9 Å². The molecule has 0 aliphatic carbocycles. The molecule has 1 atom stereocenters. The van der Waals surface area contributed by atoms with Crippen molar-refractivity contribution in [1.82, 2.24) is 0 Å². The average molecular weight is 446 g/mol. The minimum atomic E-state index is -1.90. The predicted octanol–water partition coefficient (Wildman–Crippen LogP) is 3.97. The molecule has 162 valence electrons. The van der Waals surface area contributed by atoms with Gasteiger partial charge in [-0.3, -0.25) is 9.59 Å². The fraction of sp³-hybridized carbons (Fsp3) is 0.167. The van der Waals surface area contributed by atoms with Gasteiger partial charge in [-0.25, -0.2) is 0 Å². The molecule has 0 saturated carbocycles. The van der Waals surface area contributed by atoms with E-state index in [9.17, 15) is 0 Å². The van der Waals surface area contributed by atoms with Crippen molar-refractivity contribution in [1.29, 1.82) is 0 Å². The minimum absolute atomic E-state index is 0. The second-order valence-corrected chi connectivity index (χ2v) is 10.6. The summed E-state index contributed by atoms with van der Waals surface area (Å²) in [5.41, 5.74) is 0. The summed E-state index contributed by atoms with van der Waals surface area (Å²) in [6, 6.07) is 33.1. The van der Waals surface area contributed by atoms with Crippen LogP contribution in [0.1, 0.15) is 20.8 Å². The summed E-state index contributed by atoms with van der Waals surface area (Å²) in [5.74, 6) is -1.67. The van der Waals surface area contributed by atoms with E-state index in [-0.39, 0.29) is 9.90 Å². The zero-order chi connectivity index (χ0) is 21.7. The van der Waals surface area contributed by atoms with Gasteiger partial charge < -0.3 is 10.2 Å². The van der Waals surface area contributed by atoms with Crippen molar-refractivity contribution in [3.63, 3.8) is 0 Å². The molecular weight excluding hydrogens is 414 g/mol. The fourth-order valence-corrected chi connectivity index (χ4v) is 7.79. The van der Waals surface area contributed by atoms with Gasteiger partial charge in [0.25, 0.3) is 11.9 Å². The summed E-state index contributed by atoms with van der Waals surface area (Å²) in [7, 11) is -1.90. The van der Waals surface area contributed by atoms with E-state index >= 15 is 0 Å². The fourth-order valence-electron chi connectivity index (χ4n) is 3.28. The van der Waals surface area contributed by atoms with Gasteiger partial charge in [0.2, 0.25) is 0 Å². The molecule has 0 spiro atoms. The SMILES string of the molecule is CC(=O)O.CC(=O)O.CC[PH](c1ccccc1)(c1ccccc1)c1ccccc1.P. The molecule has 3 aromatic rings. The smallest absolute Gasteiger partial charge is 0.153 e. The van der Waals surface area contributed by atoms with E-state index in [0.29, 0.717) is 0 Å². The molecule has 0 aliphatic heterocycles. The van der Waals surface area contributed by atoms with Crippen molar-refractivity contribution < 1.29 is 19.8 Å². The normalized spacial score (nSPS) is 10.1. The number of benzene rings is 3. The maximum Gasteiger partial charge on any atom is -0.153 e. The Bertz CT molecular complexity index is 753. The van der Waals surface area contributed by atoms with Crippen molar-refractivity contribution in [2.24, 2.45) is 0 Å². The Hall–Kier alpha value is -2.54. The molecule has 0 bridgehead atoms. The molecule has 0 heterocycles. The molecule has 3 aromatic carbocycles. The molecule has 0 amide bonds. The second-order valence-electron chi connectivity index (χ2n) is 6.39. The molecule has 3 rings (SSSR count). The third-order valence-electron chi connectivity index (χ3n) is 4.33. The molecule has 1 unspecified atom stereocenters. The van der Waals surface area contributed by atoms with Crippen molar-refractivity contribution >= 4 is 45.0 Å². The number of carboxylic acid groups (broad SMARTS) is 2. The zero-order valence-electron chi connectivity index (χ0n) is 17.8. The van der Waals surface area contributed by atoms with Gasteiger partial charge in [0, 0.05) is 13.8 Å². The first-order chi connectivity index (χ1) is 13.8. The van der Waals surface area contributed by atoms with Crippen LogP contribution in [0, 0.1) is 0 Å². The van der Waals surface area contributed by atoms with E-state index < -0.39 is 19.2 Å². The topological polar surface area (TPSA) is 74.6 Å². The number of aliphatic carboxylic acids is 2. The van der Waals surface area contributed by atoms with Crippen molar-refractivity contribution in [3.8, 4) is 0 Å². The summed E-state index contributed by atoms with van der Waals surface area (Å²) < 4.78 is 0. The molecule has 0 radical (unpaired) electrons. The van der Waals surface area contributed by atoms with Crippen LogP contribution in [0.25, 0.3) is 0 Å². The van der Waals surface area contributed by atoms with Crippen LogP contribution in [-0.4, -0.2) is 28.3 Å². The third kappa shape index (κ3) is 8.45. The van der Waals surface area contributed by atoms with Gasteiger partial charge >= 0.3 is 127 Å². The first-order valence-corrected chi connectivity index (χ1v) is 11.6. The summed E-state index contributed by atoms with van der Waals surface area (Å²) in [5, 5.41) is 19.3. The molecule has 4 nitrogen and oxygen atoms in total. The maximum absolute atomic E-state index is 9.00. The van der Waals surface area contributed by atoms with Crippen molar-refractivity contribution in [2.45, 2.75) is 20.8 Å². The minimum Gasteiger partial charge on any atom is -0.153 e. The number of carbonyl (C=O) groups is 2. The monoisotopic (exact) mass is 446 g/mol. The van der Waals surface area contributed by atoms with Gasteiger partial charge in [0.15, 0.2) is 0 Å². The van der Waals surface area contributed by atoms with Crippen LogP contribution in [0.2, 0.25) is 0 Å². The Morgan fingerprint density at radius 3 is 1.00 bits per heavy atom. The summed E-state index contributed by atoms with van der Waals surface area (Å²) in [4.78, 5) is 18.0. The Balaban J connectivity index is 0.000000808. The van der Waals surface area contributed by atoms with Crippen LogP contribution in [0.15, 0.2) is 91.0 Å². The van der Waals surface area contributed by atoms with Gasteiger partial charge in [0.05, 0.1) is 0 Å². The average Bonchev–Trinajstić information content (AvgIpc) is 2.71.